The standard InChI is InChI=1S/C10H13ClN2O5S/c11-6-3-5(1-2-8(6)19(13,17)18)10(16)7(14)4-9(12)15/h1-3,7,10,14,16H,4H2,(H2,12,15)(H2,13,17,18). The quantitative estimate of drug-likeness (QED) is 0.566. The van der Waals surface area contributed by atoms with Crippen LogP contribution in [-0.4, -0.2) is 30.6 Å². The molecule has 19 heavy (non-hydrogen) atoms. The number of halogens is 1. The third-order valence-corrected chi connectivity index (χ3v) is 3.77. The summed E-state index contributed by atoms with van der Waals surface area (Å²) in [5.41, 5.74) is 5.03. The van der Waals surface area contributed by atoms with Crippen molar-refractivity contribution in [3.8, 4) is 0 Å². The van der Waals surface area contributed by atoms with Crippen LogP contribution in [-0.2, 0) is 14.8 Å². The normalized spacial score (nSPS) is 14.9. The van der Waals surface area contributed by atoms with Crippen molar-refractivity contribution in [1.82, 2.24) is 0 Å². The van der Waals surface area contributed by atoms with Crippen LogP contribution in [0.5, 0.6) is 0 Å². The van der Waals surface area contributed by atoms with Crippen LogP contribution in [0.1, 0.15) is 18.1 Å². The van der Waals surface area contributed by atoms with Gasteiger partial charge in [-0.25, -0.2) is 13.6 Å². The zero-order valence-corrected chi connectivity index (χ0v) is 11.2. The molecule has 1 aromatic rings. The molecule has 6 N–H and O–H groups in total. The zero-order chi connectivity index (χ0) is 14.8. The van der Waals surface area contributed by atoms with Gasteiger partial charge in [-0.1, -0.05) is 17.7 Å². The summed E-state index contributed by atoms with van der Waals surface area (Å²) in [6.45, 7) is 0. The molecule has 0 saturated carbocycles. The highest BCUT2D eigenvalue weighted by Crippen LogP contribution is 2.26. The van der Waals surface area contributed by atoms with E-state index in [-0.39, 0.29) is 15.5 Å². The number of nitrogens with two attached hydrogens (primary N) is 2. The van der Waals surface area contributed by atoms with Crippen LogP contribution in [0.3, 0.4) is 0 Å². The van der Waals surface area contributed by atoms with Gasteiger partial charge in [-0.15, -0.1) is 0 Å². The summed E-state index contributed by atoms with van der Waals surface area (Å²) in [4.78, 5) is 10.3. The van der Waals surface area contributed by atoms with Crippen LogP contribution in [0, 0.1) is 0 Å². The fraction of sp³-hybridized carbons (Fsp3) is 0.300. The molecular weight excluding hydrogens is 296 g/mol. The van der Waals surface area contributed by atoms with Crippen LogP contribution in [0.2, 0.25) is 5.02 Å². The molecule has 2 unspecified atom stereocenters. The van der Waals surface area contributed by atoms with Gasteiger partial charge in [0.05, 0.1) is 17.5 Å². The summed E-state index contributed by atoms with van der Waals surface area (Å²) in [5.74, 6) is -0.779. The SMILES string of the molecule is NC(=O)CC(O)C(O)c1ccc(S(N)(=O)=O)c(Cl)c1. The number of benzene rings is 1. The van der Waals surface area contributed by atoms with Gasteiger partial charge in [0.15, 0.2) is 0 Å². The molecule has 0 saturated heterocycles. The molecule has 0 aliphatic heterocycles. The maximum atomic E-state index is 11.1. The maximum Gasteiger partial charge on any atom is 0.239 e. The third-order valence-electron chi connectivity index (χ3n) is 2.38. The van der Waals surface area contributed by atoms with E-state index in [1.165, 1.54) is 6.07 Å². The molecule has 9 heteroatoms. The number of sulfonamides is 1. The molecule has 0 bridgehead atoms. The van der Waals surface area contributed by atoms with Gasteiger partial charge in [-0.2, -0.15) is 0 Å². The Morgan fingerprint density at radius 1 is 1.37 bits per heavy atom. The van der Waals surface area contributed by atoms with Crippen molar-refractivity contribution in [2.45, 2.75) is 23.5 Å². The van der Waals surface area contributed by atoms with Gasteiger partial charge in [-0.05, 0) is 17.7 Å². The molecule has 0 aromatic heterocycles. The van der Waals surface area contributed by atoms with Gasteiger partial charge in [0.2, 0.25) is 15.9 Å². The van der Waals surface area contributed by atoms with Crippen LogP contribution in [0.25, 0.3) is 0 Å². The lowest BCUT2D eigenvalue weighted by atomic mass is 10.0. The Kier molecular flexibility index (Phi) is 4.88. The number of aliphatic hydroxyl groups excluding tert-OH is 2. The van der Waals surface area contributed by atoms with E-state index in [1.807, 2.05) is 0 Å². The van der Waals surface area contributed by atoms with Crippen LogP contribution >= 0.6 is 11.6 Å². The first-order chi connectivity index (χ1) is 8.62. The molecule has 7 nitrogen and oxygen atoms in total. The van der Waals surface area contributed by atoms with Gasteiger partial charge in [0.25, 0.3) is 0 Å². The van der Waals surface area contributed by atoms with Crippen molar-refractivity contribution in [2.24, 2.45) is 10.9 Å². The number of carbonyl (C=O) groups excluding carboxylic acids is 1. The van der Waals surface area contributed by atoms with Crippen molar-refractivity contribution >= 4 is 27.5 Å². The molecule has 0 spiro atoms. The summed E-state index contributed by atoms with van der Waals surface area (Å²) in [6.07, 6.45) is -3.26. The molecule has 0 aliphatic rings. The van der Waals surface area contributed by atoms with Crippen molar-refractivity contribution in [3.63, 3.8) is 0 Å². The molecule has 106 valence electrons. The molecule has 0 heterocycles. The van der Waals surface area contributed by atoms with Crippen LogP contribution in [0.4, 0.5) is 0 Å². The summed E-state index contributed by atoms with van der Waals surface area (Å²) in [5, 5.41) is 24.0. The van der Waals surface area contributed by atoms with E-state index in [0.29, 0.717) is 0 Å². The number of amides is 1. The van der Waals surface area contributed by atoms with Crippen molar-refractivity contribution in [1.29, 1.82) is 0 Å². The lowest BCUT2D eigenvalue weighted by molar-refractivity contribution is -0.121. The molecule has 1 rings (SSSR count). The Balaban J connectivity index is 3.04. The van der Waals surface area contributed by atoms with Gasteiger partial charge < -0.3 is 15.9 Å². The largest absolute Gasteiger partial charge is 0.390 e. The fourth-order valence-electron chi connectivity index (χ4n) is 1.47. The number of primary amides is 1. The second kappa shape index (κ2) is 5.85. The molecule has 0 fully saturated rings. The molecular formula is C10H13ClN2O5S. The highest BCUT2D eigenvalue weighted by molar-refractivity contribution is 7.89. The van der Waals surface area contributed by atoms with E-state index in [2.05, 4.69) is 0 Å². The highest BCUT2D eigenvalue weighted by atomic mass is 35.5. The van der Waals surface area contributed by atoms with Gasteiger partial charge in [0.1, 0.15) is 11.0 Å². The summed E-state index contributed by atoms with van der Waals surface area (Å²) in [7, 11) is -3.97. The average molecular weight is 309 g/mol. The van der Waals surface area contributed by atoms with Gasteiger partial charge in [0, 0.05) is 0 Å². The second-order valence-corrected chi connectivity index (χ2v) is 5.85. The predicted molar refractivity (Wildman–Crippen MR) is 67.6 cm³/mol. The molecule has 0 aliphatic carbocycles. The van der Waals surface area contributed by atoms with E-state index in [9.17, 15) is 23.4 Å². The lowest BCUT2D eigenvalue weighted by Gasteiger charge is -2.17. The lowest BCUT2D eigenvalue weighted by Crippen LogP contribution is -2.25. The minimum atomic E-state index is -3.97. The number of rotatable bonds is 5. The summed E-state index contributed by atoms with van der Waals surface area (Å²) in [6, 6.07) is 3.49. The Bertz CT molecular complexity index is 590. The van der Waals surface area contributed by atoms with Crippen LogP contribution < -0.4 is 10.9 Å². The van der Waals surface area contributed by atoms with E-state index in [1.54, 1.807) is 0 Å². The first-order valence-electron chi connectivity index (χ1n) is 5.09. The first kappa shape index (κ1) is 15.9. The smallest absolute Gasteiger partial charge is 0.239 e. The molecule has 1 aromatic carbocycles. The molecule has 1 amide bonds. The summed E-state index contributed by atoms with van der Waals surface area (Å²) < 4.78 is 22.3. The minimum Gasteiger partial charge on any atom is -0.390 e. The fourth-order valence-corrected chi connectivity index (χ4v) is 2.57. The molecule has 0 radical (unpaired) electrons. The van der Waals surface area contributed by atoms with Gasteiger partial charge >= 0.3 is 0 Å². The van der Waals surface area contributed by atoms with E-state index in [4.69, 9.17) is 22.5 Å². The highest BCUT2D eigenvalue weighted by Gasteiger charge is 2.22. The van der Waals surface area contributed by atoms with E-state index < -0.39 is 34.6 Å². The Hall–Kier alpha value is -1.19. The van der Waals surface area contributed by atoms with E-state index >= 15 is 0 Å². The minimum absolute atomic E-state index is 0.145. The predicted octanol–water partition coefficient (Wildman–Crippen LogP) is -0.743. The maximum absolute atomic E-state index is 11.1. The number of aliphatic hydroxyl groups is 2. The number of hydrogen-bond donors (Lipinski definition) is 4. The Morgan fingerprint density at radius 3 is 2.37 bits per heavy atom. The first-order valence-corrected chi connectivity index (χ1v) is 7.02. The Labute approximate surface area is 114 Å². The van der Waals surface area contributed by atoms with Crippen molar-refractivity contribution in [3.05, 3.63) is 28.8 Å². The second-order valence-electron chi connectivity index (χ2n) is 3.92. The number of carbonyl (C=O) groups is 1. The summed E-state index contributed by atoms with van der Waals surface area (Å²) >= 11 is 5.72. The van der Waals surface area contributed by atoms with Crippen LogP contribution in [0.15, 0.2) is 23.1 Å². The molecule has 2 atom stereocenters. The Morgan fingerprint density at radius 2 is 1.95 bits per heavy atom. The zero-order valence-electron chi connectivity index (χ0n) is 9.65. The van der Waals surface area contributed by atoms with Gasteiger partial charge in [-0.3, -0.25) is 4.79 Å². The van der Waals surface area contributed by atoms with Crippen molar-refractivity contribution < 1.29 is 23.4 Å². The third kappa shape index (κ3) is 4.15. The van der Waals surface area contributed by atoms with Crippen molar-refractivity contribution in [2.75, 3.05) is 0 Å². The average Bonchev–Trinajstić information content (AvgIpc) is 2.25. The number of primary sulfonamides is 1. The topological polar surface area (TPSA) is 144 Å². The number of hydrogen-bond acceptors (Lipinski definition) is 5. The van der Waals surface area contributed by atoms with E-state index in [0.717, 1.165) is 12.1 Å². The monoisotopic (exact) mass is 308 g/mol.